The van der Waals surface area contributed by atoms with E-state index >= 15 is 0 Å². The van der Waals surface area contributed by atoms with E-state index in [1.807, 2.05) is 0 Å². The molecule has 0 saturated carbocycles. The Hall–Kier alpha value is -1.73. The van der Waals surface area contributed by atoms with Gasteiger partial charge in [-0.2, -0.15) is 0 Å². The number of rotatable bonds is 6. The summed E-state index contributed by atoms with van der Waals surface area (Å²) in [6, 6.07) is -0.734. The van der Waals surface area contributed by atoms with E-state index in [1.54, 1.807) is 0 Å². The maximum absolute atomic E-state index is 10.6. The lowest BCUT2D eigenvalue weighted by molar-refractivity contribution is -0.140. The summed E-state index contributed by atoms with van der Waals surface area (Å²) in [4.78, 5) is 18.3. The van der Waals surface area contributed by atoms with Crippen LogP contribution < -0.4 is 10.1 Å². The number of carboxylic acid groups (broad SMARTS) is 1. The number of hydrogen-bond donors (Lipinski definition) is 3. The van der Waals surface area contributed by atoms with Gasteiger partial charge in [0.2, 0.25) is 0 Å². The van der Waals surface area contributed by atoms with Crippen molar-refractivity contribution < 1.29 is 19.7 Å². The predicted molar refractivity (Wildman–Crippen MR) is 53.9 cm³/mol. The zero-order chi connectivity index (χ0) is 12.0. The Morgan fingerprint density at radius 3 is 2.62 bits per heavy atom. The Balaban J connectivity index is 2.50. The van der Waals surface area contributed by atoms with E-state index in [1.165, 1.54) is 19.5 Å². The van der Waals surface area contributed by atoms with Crippen LogP contribution in [0.5, 0.6) is 6.01 Å². The molecule has 1 aromatic heterocycles. The number of aromatic nitrogens is 2. The average Bonchev–Trinajstić information content (AvgIpc) is 2.30. The molecule has 0 amide bonds. The van der Waals surface area contributed by atoms with E-state index in [9.17, 15) is 4.79 Å². The van der Waals surface area contributed by atoms with Crippen LogP contribution in [0.25, 0.3) is 0 Å². The standard InChI is InChI=1S/C9H13N3O4/c1-16-9-11-3-6(4-12-9)2-10-7(5-13)8(14)15/h3-4,7,10,13H,2,5H2,1H3,(H,14,15)/t7-/m1/s1. The number of hydrogen-bond acceptors (Lipinski definition) is 6. The maximum Gasteiger partial charge on any atom is 0.323 e. The molecular weight excluding hydrogens is 214 g/mol. The smallest absolute Gasteiger partial charge is 0.323 e. The minimum absolute atomic E-state index is 0.251. The fourth-order valence-corrected chi connectivity index (χ4v) is 1.01. The fourth-order valence-electron chi connectivity index (χ4n) is 1.01. The Bertz CT molecular complexity index is 341. The van der Waals surface area contributed by atoms with E-state index in [4.69, 9.17) is 14.9 Å². The summed E-state index contributed by atoms with van der Waals surface area (Å²) >= 11 is 0. The number of aliphatic hydroxyl groups excluding tert-OH is 1. The number of ether oxygens (including phenoxy) is 1. The molecule has 0 bridgehead atoms. The Morgan fingerprint density at radius 2 is 2.19 bits per heavy atom. The molecule has 0 fully saturated rings. The lowest BCUT2D eigenvalue weighted by Gasteiger charge is -2.10. The molecule has 0 radical (unpaired) electrons. The number of aliphatic hydroxyl groups is 1. The number of methoxy groups -OCH3 is 1. The van der Waals surface area contributed by atoms with Crippen molar-refractivity contribution in [2.75, 3.05) is 13.7 Å². The molecule has 0 aliphatic rings. The molecule has 3 N–H and O–H groups in total. The highest BCUT2D eigenvalue weighted by Gasteiger charge is 2.14. The third-order valence-electron chi connectivity index (χ3n) is 1.90. The van der Waals surface area contributed by atoms with Crippen molar-refractivity contribution in [2.24, 2.45) is 0 Å². The van der Waals surface area contributed by atoms with Gasteiger partial charge in [-0.05, 0) is 0 Å². The zero-order valence-corrected chi connectivity index (χ0v) is 8.75. The average molecular weight is 227 g/mol. The van der Waals surface area contributed by atoms with Crippen LogP contribution in [0.1, 0.15) is 5.56 Å². The minimum Gasteiger partial charge on any atom is -0.480 e. The third-order valence-corrected chi connectivity index (χ3v) is 1.90. The Morgan fingerprint density at radius 1 is 1.56 bits per heavy atom. The summed E-state index contributed by atoms with van der Waals surface area (Å²) in [7, 11) is 1.46. The second kappa shape index (κ2) is 5.99. The third kappa shape index (κ3) is 3.44. The van der Waals surface area contributed by atoms with Crippen LogP contribution in [0.3, 0.4) is 0 Å². The molecule has 1 rings (SSSR count). The first-order valence-corrected chi connectivity index (χ1v) is 4.59. The van der Waals surface area contributed by atoms with Crippen molar-refractivity contribution in [3.8, 4) is 6.01 Å². The van der Waals surface area contributed by atoms with Crippen molar-refractivity contribution in [1.29, 1.82) is 0 Å². The van der Waals surface area contributed by atoms with Gasteiger partial charge in [0.1, 0.15) is 6.04 Å². The molecule has 16 heavy (non-hydrogen) atoms. The number of carboxylic acids is 1. The van der Waals surface area contributed by atoms with Crippen LogP contribution in [0.2, 0.25) is 0 Å². The highest BCUT2D eigenvalue weighted by molar-refractivity contribution is 5.73. The molecule has 0 aliphatic heterocycles. The molecule has 7 nitrogen and oxygen atoms in total. The molecule has 0 aromatic carbocycles. The molecule has 7 heteroatoms. The maximum atomic E-state index is 10.6. The van der Waals surface area contributed by atoms with E-state index in [0.717, 1.165) is 0 Å². The molecule has 0 unspecified atom stereocenters. The first-order chi connectivity index (χ1) is 7.67. The van der Waals surface area contributed by atoms with Gasteiger partial charge >= 0.3 is 12.0 Å². The van der Waals surface area contributed by atoms with Gasteiger partial charge in [-0.3, -0.25) is 10.1 Å². The van der Waals surface area contributed by atoms with Crippen molar-refractivity contribution >= 4 is 5.97 Å². The SMILES string of the molecule is COc1ncc(CN[C@H](CO)C(=O)O)cn1. The van der Waals surface area contributed by atoms with Gasteiger partial charge in [-0.25, -0.2) is 9.97 Å². The summed E-state index contributed by atoms with van der Waals surface area (Å²) < 4.78 is 4.78. The highest BCUT2D eigenvalue weighted by atomic mass is 16.5. The van der Waals surface area contributed by atoms with Gasteiger partial charge in [0, 0.05) is 24.5 Å². The van der Waals surface area contributed by atoms with Crippen LogP contribution in [-0.2, 0) is 11.3 Å². The van der Waals surface area contributed by atoms with Gasteiger partial charge in [0.25, 0.3) is 0 Å². The molecule has 0 spiro atoms. The summed E-state index contributed by atoms with van der Waals surface area (Å²) in [6.07, 6.45) is 3.05. The topological polar surface area (TPSA) is 105 Å². The van der Waals surface area contributed by atoms with Crippen molar-refractivity contribution in [3.63, 3.8) is 0 Å². The van der Waals surface area contributed by atoms with Gasteiger partial charge in [-0.15, -0.1) is 0 Å². The summed E-state index contributed by atoms with van der Waals surface area (Å²) in [5.74, 6) is -1.10. The molecule has 0 aliphatic carbocycles. The van der Waals surface area contributed by atoms with Gasteiger partial charge in [0.15, 0.2) is 0 Å². The van der Waals surface area contributed by atoms with Crippen LogP contribution in [0.15, 0.2) is 12.4 Å². The quantitative estimate of drug-likeness (QED) is 0.573. The van der Waals surface area contributed by atoms with Crippen LogP contribution in [0.4, 0.5) is 0 Å². The van der Waals surface area contributed by atoms with E-state index < -0.39 is 18.6 Å². The molecule has 88 valence electrons. The van der Waals surface area contributed by atoms with Crippen LogP contribution in [0, 0.1) is 0 Å². The first kappa shape index (κ1) is 12.3. The van der Waals surface area contributed by atoms with Crippen molar-refractivity contribution in [1.82, 2.24) is 15.3 Å². The number of aliphatic carboxylic acids is 1. The Kier molecular flexibility index (Phi) is 4.62. The van der Waals surface area contributed by atoms with Crippen LogP contribution >= 0.6 is 0 Å². The molecule has 0 saturated heterocycles. The lowest BCUT2D eigenvalue weighted by Crippen LogP contribution is -2.39. The molecule has 1 atom stereocenters. The Labute approximate surface area is 92.1 Å². The summed E-state index contributed by atoms with van der Waals surface area (Å²) in [6.45, 7) is -0.201. The lowest BCUT2D eigenvalue weighted by atomic mass is 10.3. The number of nitrogens with one attached hydrogen (secondary N) is 1. The summed E-state index contributed by atoms with van der Waals surface area (Å²) in [5, 5.41) is 20.1. The second-order valence-electron chi connectivity index (χ2n) is 3.03. The van der Waals surface area contributed by atoms with Crippen LogP contribution in [-0.4, -0.2) is 45.9 Å². The van der Waals surface area contributed by atoms with E-state index in [2.05, 4.69) is 15.3 Å². The molecule has 1 heterocycles. The minimum atomic E-state index is -1.10. The molecule has 1 aromatic rings. The van der Waals surface area contributed by atoms with Crippen molar-refractivity contribution in [3.05, 3.63) is 18.0 Å². The predicted octanol–water partition coefficient (Wildman–Crippen LogP) is -0.980. The molecular formula is C9H13N3O4. The highest BCUT2D eigenvalue weighted by Crippen LogP contribution is 2.01. The fraction of sp³-hybridized carbons (Fsp3) is 0.444. The van der Waals surface area contributed by atoms with Gasteiger partial charge < -0.3 is 14.9 Å². The largest absolute Gasteiger partial charge is 0.480 e. The number of nitrogens with zero attached hydrogens (tertiary/aromatic N) is 2. The second-order valence-corrected chi connectivity index (χ2v) is 3.03. The van der Waals surface area contributed by atoms with Gasteiger partial charge in [-0.1, -0.05) is 0 Å². The normalized spacial score (nSPS) is 12.1. The zero-order valence-electron chi connectivity index (χ0n) is 8.75. The number of carbonyl (C=O) groups is 1. The first-order valence-electron chi connectivity index (χ1n) is 4.59. The van der Waals surface area contributed by atoms with Crippen molar-refractivity contribution in [2.45, 2.75) is 12.6 Å². The van der Waals surface area contributed by atoms with Gasteiger partial charge in [0.05, 0.1) is 13.7 Å². The van der Waals surface area contributed by atoms with E-state index in [0.29, 0.717) is 5.56 Å². The van der Waals surface area contributed by atoms with E-state index in [-0.39, 0.29) is 12.6 Å². The summed E-state index contributed by atoms with van der Waals surface area (Å²) in [5.41, 5.74) is 0.709. The monoisotopic (exact) mass is 227 g/mol.